The van der Waals surface area contributed by atoms with Crippen molar-refractivity contribution in [2.45, 2.75) is 58.3 Å². The maximum absolute atomic E-state index is 13.5. The number of ether oxygens (including phenoxy) is 4. The van der Waals surface area contributed by atoms with Crippen LogP contribution < -0.4 is 19.8 Å². The maximum Gasteiger partial charge on any atom is 0.410 e. The number of benzene rings is 3. The Morgan fingerprint density at radius 1 is 0.913 bits per heavy atom. The summed E-state index contributed by atoms with van der Waals surface area (Å²) < 4.78 is 24.5. The van der Waals surface area contributed by atoms with E-state index in [0.717, 1.165) is 65.8 Å². The number of carbonyl (C=O) groups excluding carboxylic acids is 1. The van der Waals surface area contributed by atoms with Gasteiger partial charge in [-0.25, -0.2) is 4.79 Å². The van der Waals surface area contributed by atoms with E-state index in [9.17, 15) is 9.59 Å². The van der Waals surface area contributed by atoms with Crippen molar-refractivity contribution in [2.75, 3.05) is 40.0 Å². The van der Waals surface area contributed by atoms with Gasteiger partial charge in [0.15, 0.2) is 11.5 Å². The number of rotatable bonds is 8. The normalized spacial score (nSPS) is 15.5. The van der Waals surface area contributed by atoms with E-state index in [0.29, 0.717) is 31.3 Å². The molecule has 46 heavy (non-hydrogen) atoms. The van der Waals surface area contributed by atoms with E-state index in [2.05, 4.69) is 25.7 Å². The summed E-state index contributed by atoms with van der Waals surface area (Å²) in [6, 6.07) is 23.4. The van der Waals surface area contributed by atoms with Gasteiger partial charge in [0.1, 0.15) is 25.6 Å². The molecule has 0 aliphatic carbocycles. The van der Waals surface area contributed by atoms with E-state index in [1.165, 1.54) is 0 Å². The van der Waals surface area contributed by atoms with Crippen molar-refractivity contribution < 1.29 is 23.7 Å². The first kappa shape index (κ1) is 31.5. The van der Waals surface area contributed by atoms with Gasteiger partial charge in [0.25, 0.3) is 5.56 Å². The molecule has 1 aromatic heterocycles. The Hall–Kier alpha value is -4.50. The number of methoxy groups -OCH3 is 1. The summed E-state index contributed by atoms with van der Waals surface area (Å²) in [5.41, 5.74) is 3.22. The van der Waals surface area contributed by atoms with Crippen LogP contribution in [0.15, 0.2) is 77.6 Å². The standard InChI is InChI=1S/C37H43N3O6/c1-37(2,3)40(36(42)46-25-26-10-13-33-34(22-26)45-21-20-44-33)28-14-16-38(17-15-28)18-19-39-32-23-29(43-4)11-12-30(32)31(24-35(39)41)27-8-6-5-7-9-27/h5-13,22-24,28H,14-21,25H2,1-4H3. The lowest BCUT2D eigenvalue weighted by Gasteiger charge is -2.44. The average molecular weight is 626 g/mol. The summed E-state index contributed by atoms with van der Waals surface area (Å²) in [4.78, 5) is 31.2. The Morgan fingerprint density at radius 2 is 1.65 bits per heavy atom. The molecule has 0 radical (unpaired) electrons. The molecule has 1 fully saturated rings. The molecule has 4 aromatic rings. The molecule has 0 bridgehead atoms. The van der Waals surface area contributed by atoms with E-state index in [1.807, 2.05) is 76.2 Å². The summed E-state index contributed by atoms with van der Waals surface area (Å²) in [7, 11) is 1.64. The highest BCUT2D eigenvalue weighted by molar-refractivity contribution is 5.95. The van der Waals surface area contributed by atoms with Gasteiger partial charge in [-0.3, -0.25) is 4.79 Å². The SMILES string of the molecule is COc1ccc2c(-c3ccccc3)cc(=O)n(CCN3CCC(N(C(=O)OCc4ccc5c(c4)OCCO5)C(C)(C)C)CC3)c2c1. The lowest BCUT2D eigenvalue weighted by molar-refractivity contribution is 0.0196. The summed E-state index contributed by atoms with van der Waals surface area (Å²) in [5.74, 6) is 2.11. The third-order valence-corrected chi connectivity index (χ3v) is 8.85. The molecule has 0 spiro atoms. The fourth-order valence-electron chi connectivity index (χ4n) is 6.58. The second-order valence-electron chi connectivity index (χ2n) is 12.9. The molecule has 2 aliphatic heterocycles. The molecule has 1 amide bonds. The van der Waals surface area contributed by atoms with E-state index in [-0.39, 0.29) is 24.3 Å². The Balaban J connectivity index is 1.11. The number of hydrogen-bond donors (Lipinski definition) is 0. The van der Waals surface area contributed by atoms with Crippen molar-refractivity contribution in [3.8, 4) is 28.4 Å². The second kappa shape index (κ2) is 13.5. The van der Waals surface area contributed by atoms with Crippen LogP contribution in [-0.2, 0) is 17.9 Å². The Bertz CT molecular complexity index is 1740. The number of hydrogen-bond acceptors (Lipinski definition) is 7. The first-order valence-corrected chi connectivity index (χ1v) is 16.1. The van der Waals surface area contributed by atoms with Crippen LogP contribution in [0, 0.1) is 0 Å². The van der Waals surface area contributed by atoms with Crippen LogP contribution in [0.1, 0.15) is 39.2 Å². The molecule has 242 valence electrons. The predicted octanol–water partition coefficient (Wildman–Crippen LogP) is 6.35. The number of nitrogens with zero attached hydrogens (tertiary/aromatic N) is 3. The van der Waals surface area contributed by atoms with Crippen molar-refractivity contribution in [1.82, 2.24) is 14.4 Å². The monoisotopic (exact) mass is 625 g/mol. The lowest BCUT2D eigenvalue weighted by atomic mass is 9.97. The minimum absolute atomic E-state index is 0.0332. The zero-order valence-electron chi connectivity index (χ0n) is 27.2. The van der Waals surface area contributed by atoms with Gasteiger partial charge in [-0.2, -0.15) is 0 Å². The van der Waals surface area contributed by atoms with Crippen LogP contribution in [0.5, 0.6) is 17.2 Å². The molecule has 3 aromatic carbocycles. The number of amides is 1. The number of aromatic nitrogens is 1. The van der Waals surface area contributed by atoms with Gasteiger partial charge in [0.05, 0.1) is 12.6 Å². The van der Waals surface area contributed by atoms with Gasteiger partial charge in [-0.15, -0.1) is 0 Å². The number of piperidine rings is 1. The smallest absolute Gasteiger partial charge is 0.410 e. The van der Waals surface area contributed by atoms with Crippen LogP contribution in [0.2, 0.25) is 0 Å². The van der Waals surface area contributed by atoms with E-state index in [4.69, 9.17) is 18.9 Å². The molecule has 0 saturated carbocycles. The van der Waals surface area contributed by atoms with Crippen LogP contribution in [0.4, 0.5) is 4.79 Å². The molecule has 9 nitrogen and oxygen atoms in total. The van der Waals surface area contributed by atoms with Gasteiger partial charge in [0, 0.05) is 55.3 Å². The number of fused-ring (bicyclic) bond motifs is 2. The molecular weight excluding hydrogens is 582 g/mol. The number of likely N-dealkylation sites (tertiary alicyclic amines) is 1. The van der Waals surface area contributed by atoms with Crippen LogP contribution >= 0.6 is 0 Å². The third-order valence-electron chi connectivity index (χ3n) is 8.85. The molecule has 0 N–H and O–H groups in total. The van der Waals surface area contributed by atoms with E-state index < -0.39 is 5.54 Å². The minimum Gasteiger partial charge on any atom is -0.497 e. The summed E-state index contributed by atoms with van der Waals surface area (Å²) in [6.07, 6.45) is 1.34. The molecule has 6 rings (SSSR count). The number of carbonyl (C=O) groups is 1. The van der Waals surface area contributed by atoms with Crippen molar-refractivity contribution in [1.29, 1.82) is 0 Å². The molecular formula is C37H43N3O6. The molecule has 1 saturated heterocycles. The number of pyridine rings is 1. The van der Waals surface area contributed by atoms with Gasteiger partial charge in [-0.05, 0) is 74.6 Å². The van der Waals surface area contributed by atoms with Crippen molar-refractivity contribution in [3.05, 3.63) is 88.7 Å². The second-order valence-corrected chi connectivity index (χ2v) is 12.9. The van der Waals surface area contributed by atoms with Crippen molar-refractivity contribution >= 4 is 17.0 Å². The zero-order chi connectivity index (χ0) is 32.3. The van der Waals surface area contributed by atoms with Crippen LogP contribution in [-0.4, -0.2) is 72.0 Å². The summed E-state index contributed by atoms with van der Waals surface area (Å²) in [6.45, 7) is 10.3. The Kier molecular flexibility index (Phi) is 9.22. The summed E-state index contributed by atoms with van der Waals surface area (Å²) in [5, 5.41) is 1.01. The molecule has 3 heterocycles. The van der Waals surface area contributed by atoms with Gasteiger partial charge in [0.2, 0.25) is 0 Å². The molecule has 0 atom stereocenters. The Morgan fingerprint density at radius 3 is 2.37 bits per heavy atom. The fraction of sp³-hybridized carbons (Fsp3) is 0.405. The summed E-state index contributed by atoms with van der Waals surface area (Å²) >= 11 is 0. The van der Waals surface area contributed by atoms with E-state index >= 15 is 0 Å². The van der Waals surface area contributed by atoms with Crippen LogP contribution in [0.25, 0.3) is 22.0 Å². The largest absolute Gasteiger partial charge is 0.497 e. The van der Waals surface area contributed by atoms with Gasteiger partial charge < -0.3 is 33.3 Å². The highest BCUT2D eigenvalue weighted by Crippen LogP contribution is 2.32. The third kappa shape index (κ3) is 6.84. The lowest BCUT2D eigenvalue weighted by Crippen LogP contribution is -2.55. The highest BCUT2D eigenvalue weighted by Gasteiger charge is 2.36. The fourth-order valence-corrected chi connectivity index (χ4v) is 6.58. The van der Waals surface area contributed by atoms with Crippen molar-refractivity contribution in [2.24, 2.45) is 0 Å². The molecule has 0 unspecified atom stereocenters. The van der Waals surface area contributed by atoms with Gasteiger partial charge >= 0.3 is 6.09 Å². The van der Waals surface area contributed by atoms with E-state index in [1.54, 1.807) is 13.2 Å². The average Bonchev–Trinajstić information content (AvgIpc) is 3.06. The minimum atomic E-state index is -0.400. The first-order chi connectivity index (χ1) is 22.2. The Labute approximate surface area is 270 Å². The first-order valence-electron chi connectivity index (χ1n) is 16.1. The zero-order valence-corrected chi connectivity index (χ0v) is 27.2. The maximum atomic E-state index is 13.5. The van der Waals surface area contributed by atoms with Crippen molar-refractivity contribution in [3.63, 3.8) is 0 Å². The molecule has 2 aliphatic rings. The topological polar surface area (TPSA) is 82.5 Å². The predicted molar refractivity (Wildman–Crippen MR) is 179 cm³/mol. The van der Waals surface area contributed by atoms with Gasteiger partial charge in [-0.1, -0.05) is 36.4 Å². The quantitative estimate of drug-likeness (QED) is 0.226. The van der Waals surface area contributed by atoms with Crippen LogP contribution in [0.3, 0.4) is 0 Å². The molecule has 9 heteroatoms. The highest BCUT2D eigenvalue weighted by atomic mass is 16.6.